The van der Waals surface area contributed by atoms with Gasteiger partial charge in [-0.05, 0) is 38.1 Å². The van der Waals surface area contributed by atoms with Crippen LogP contribution in [0.15, 0.2) is 30.7 Å². The Balaban J connectivity index is 2.15. The molecule has 19 heavy (non-hydrogen) atoms. The van der Waals surface area contributed by atoms with Crippen LogP contribution in [0.25, 0.3) is 0 Å². The smallest absolute Gasteiger partial charge is 0.132 e. The van der Waals surface area contributed by atoms with E-state index in [-0.39, 0.29) is 0 Å². The molecule has 4 heteroatoms. The van der Waals surface area contributed by atoms with Crippen molar-refractivity contribution in [3.63, 3.8) is 0 Å². The fourth-order valence-electron chi connectivity index (χ4n) is 2.13. The summed E-state index contributed by atoms with van der Waals surface area (Å²) in [6.07, 6.45) is 6.28. The summed E-state index contributed by atoms with van der Waals surface area (Å²) in [7, 11) is 0. The van der Waals surface area contributed by atoms with Gasteiger partial charge < -0.3 is 5.32 Å². The minimum Gasteiger partial charge on any atom is -0.310 e. The topological polar surface area (TPSA) is 50.7 Å². The molecule has 0 saturated carbocycles. The maximum absolute atomic E-state index is 4.60. The van der Waals surface area contributed by atoms with Crippen LogP contribution in [0, 0.1) is 6.92 Å². The summed E-state index contributed by atoms with van der Waals surface area (Å²) in [4.78, 5) is 13.1. The lowest BCUT2D eigenvalue weighted by atomic mass is 10.1. The molecule has 1 N–H and O–H groups in total. The van der Waals surface area contributed by atoms with E-state index in [1.54, 1.807) is 12.4 Å². The first-order valence-corrected chi connectivity index (χ1v) is 6.65. The van der Waals surface area contributed by atoms with Crippen molar-refractivity contribution in [1.82, 2.24) is 20.3 Å². The molecule has 4 nitrogen and oxygen atoms in total. The minimum absolute atomic E-state index is 0.292. The maximum Gasteiger partial charge on any atom is 0.132 e. The Labute approximate surface area is 114 Å². The normalized spacial score (nSPS) is 12.4. The highest BCUT2D eigenvalue weighted by Crippen LogP contribution is 2.15. The molecule has 1 unspecified atom stereocenters. The van der Waals surface area contributed by atoms with Crippen molar-refractivity contribution in [3.05, 3.63) is 53.4 Å². The fraction of sp³-hybridized carbons (Fsp3) is 0.400. The highest BCUT2D eigenvalue weighted by molar-refractivity contribution is 5.22. The van der Waals surface area contributed by atoms with E-state index in [9.17, 15) is 0 Å². The molecular formula is C15H20N4. The van der Waals surface area contributed by atoms with Crippen molar-refractivity contribution >= 4 is 0 Å². The molecule has 2 aromatic rings. The Bertz CT molecular complexity index is 525. The number of nitrogens with one attached hydrogen (secondary N) is 1. The zero-order valence-electron chi connectivity index (χ0n) is 11.7. The number of aryl methyl sites for hydroxylation is 1. The lowest BCUT2D eigenvalue weighted by molar-refractivity contribution is 0.588. The third kappa shape index (κ3) is 3.58. The number of nitrogens with zero attached hydrogens (tertiary/aromatic N) is 3. The van der Waals surface area contributed by atoms with Crippen molar-refractivity contribution in [3.8, 4) is 0 Å². The molecule has 0 bridgehead atoms. The highest BCUT2D eigenvalue weighted by Gasteiger charge is 2.10. The van der Waals surface area contributed by atoms with Gasteiger partial charge in [-0.25, -0.2) is 9.97 Å². The summed E-state index contributed by atoms with van der Waals surface area (Å²) < 4.78 is 0. The number of rotatable bonds is 5. The Morgan fingerprint density at radius 1 is 1.26 bits per heavy atom. The Morgan fingerprint density at radius 2 is 2.00 bits per heavy atom. The van der Waals surface area contributed by atoms with Crippen molar-refractivity contribution in [2.75, 3.05) is 6.54 Å². The lowest BCUT2D eigenvalue weighted by Gasteiger charge is -2.15. The van der Waals surface area contributed by atoms with Gasteiger partial charge in [0.05, 0.1) is 0 Å². The van der Waals surface area contributed by atoms with Crippen LogP contribution in [0.4, 0.5) is 0 Å². The van der Waals surface area contributed by atoms with Gasteiger partial charge in [0.25, 0.3) is 0 Å². The molecule has 2 rings (SSSR count). The predicted molar refractivity (Wildman–Crippen MR) is 75.9 cm³/mol. The van der Waals surface area contributed by atoms with Crippen LogP contribution >= 0.6 is 0 Å². The molecule has 2 heterocycles. The molecule has 0 radical (unpaired) electrons. The van der Waals surface area contributed by atoms with E-state index in [0.717, 1.165) is 24.5 Å². The predicted octanol–water partition coefficient (Wildman–Crippen LogP) is 2.44. The second-order valence-electron chi connectivity index (χ2n) is 4.64. The maximum atomic E-state index is 4.60. The fourth-order valence-corrected chi connectivity index (χ4v) is 2.13. The number of pyridine rings is 1. The van der Waals surface area contributed by atoms with Gasteiger partial charge >= 0.3 is 0 Å². The number of aromatic nitrogens is 3. The number of hydrogen-bond acceptors (Lipinski definition) is 4. The molecule has 1 atom stereocenters. The van der Waals surface area contributed by atoms with Crippen molar-refractivity contribution in [1.29, 1.82) is 0 Å². The molecule has 0 spiro atoms. The van der Waals surface area contributed by atoms with Crippen LogP contribution in [0.5, 0.6) is 0 Å². The van der Waals surface area contributed by atoms with Crippen LogP contribution in [-0.4, -0.2) is 21.5 Å². The van der Waals surface area contributed by atoms with Crippen molar-refractivity contribution in [2.45, 2.75) is 33.2 Å². The first-order chi connectivity index (χ1) is 9.20. The van der Waals surface area contributed by atoms with Gasteiger partial charge in [-0.3, -0.25) is 4.98 Å². The lowest BCUT2D eigenvalue weighted by Crippen LogP contribution is -2.19. The molecule has 0 aromatic carbocycles. The van der Waals surface area contributed by atoms with Gasteiger partial charge in [0.1, 0.15) is 5.82 Å². The summed E-state index contributed by atoms with van der Waals surface area (Å²) in [6, 6.07) is 4.28. The first kappa shape index (κ1) is 13.6. The molecule has 0 amide bonds. The molecule has 2 aromatic heterocycles. The average Bonchev–Trinajstić information content (AvgIpc) is 2.40. The number of hydrogen-bond donors (Lipinski definition) is 1. The van der Waals surface area contributed by atoms with Crippen LogP contribution < -0.4 is 5.32 Å². The summed E-state index contributed by atoms with van der Waals surface area (Å²) in [5.74, 6) is 0.858. The third-order valence-electron chi connectivity index (χ3n) is 3.16. The zero-order valence-corrected chi connectivity index (χ0v) is 11.7. The van der Waals surface area contributed by atoms with Gasteiger partial charge in [-0.1, -0.05) is 6.92 Å². The SMILES string of the molecule is CCNC(C)c1cnc(Cc2ccncc2)nc1C. The second-order valence-corrected chi connectivity index (χ2v) is 4.64. The van der Waals surface area contributed by atoms with E-state index in [4.69, 9.17) is 0 Å². The Hall–Kier alpha value is -1.81. The summed E-state index contributed by atoms with van der Waals surface area (Å²) in [6.45, 7) is 7.22. The van der Waals surface area contributed by atoms with E-state index in [0.29, 0.717) is 6.04 Å². The van der Waals surface area contributed by atoms with E-state index >= 15 is 0 Å². The molecule has 0 aliphatic carbocycles. The summed E-state index contributed by atoms with van der Waals surface area (Å²) in [5, 5.41) is 3.38. The van der Waals surface area contributed by atoms with Gasteiger partial charge in [-0.2, -0.15) is 0 Å². The minimum atomic E-state index is 0.292. The van der Waals surface area contributed by atoms with Crippen LogP contribution in [0.3, 0.4) is 0 Å². The van der Waals surface area contributed by atoms with Crippen molar-refractivity contribution < 1.29 is 0 Å². The largest absolute Gasteiger partial charge is 0.310 e. The molecule has 0 fully saturated rings. The standard InChI is InChI=1S/C15H20N4/c1-4-17-11(2)14-10-18-15(19-12(14)3)9-13-5-7-16-8-6-13/h5-8,10-11,17H,4,9H2,1-3H3. The van der Waals surface area contributed by atoms with Gasteiger partial charge in [0.15, 0.2) is 0 Å². The molecular weight excluding hydrogens is 236 g/mol. The summed E-state index contributed by atoms with van der Waals surface area (Å²) in [5.41, 5.74) is 3.40. The Morgan fingerprint density at radius 3 is 2.63 bits per heavy atom. The summed E-state index contributed by atoms with van der Waals surface area (Å²) >= 11 is 0. The van der Waals surface area contributed by atoms with E-state index < -0.39 is 0 Å². The molecule has 0 saturated heterocycles. The molecule has 100 valence electrons. The van der Waals surface area contributed by atoms with E-state index in [1.165, 1.54) is 11.1 Å². The van der Waals surface area contributed by atoms with Crippen LogP contribution in [0.1, 0.15) is 42.5 Å². The monoisotopic (exact) mass is 256 g/mol. The van der Waals surface area contributed by atoms with Crippen LogP contribution in [0.2, 0.25) is 0 Å². The quantitative estimate of drug-likeness (QED) is 0.892. The third-order valence-corrected chi connectivity index (χ3v) is 3.16. The first-order valence-electron chi connectivity index (χ1n) is 6.65. The zero-order chi connectivity index (χ0) is 13.7. The van der Waals surface area contributed by atoms with Crippen LogP contribution in [-0.2, 0) is 6.42 Å². The van der Waals surface area contributed by atoms with E-state index in [2.05, 4.69) is 34.1 Å². The highest BCUT2D eigenvalue weighted by atomic mass is 14.9. The van der Waals surface area contributed by atoms with Gasteiger partial charge in [0.2, 0.25) is 0 Å². The van der Waals surface area contributed by atoms with Crippen molar-refractivity contribution in [2.24, 2.45) is 0 Å². The Kier molecular flexibility index (Phi) is 4.58. The molecule has 0 aliphatic heterocycles. The van der Waals surface area contributed by atoms with Gasteiger partial charge in [0, 0.05) is 42.3 Å². The second kappa shape index (κ2) is 6.38. The van der Waals surface area contributed by atoms with E-state index in [1.807, 2.05) is 25.3 Å². The molecule has 0 aliphatic rings. The average molecular weight is 256 g/mol. The van der Waals surface area contributed by atoms with Gasteiger partial charge in [-0.15, -0.1) is 0 Å².